The number of aliphatic imine (C=N–C) groups is 1. The fourth-order valence-corrected chi connectivity index (χ4v) is 1.13. The Balaban J connectivity index is 3.57. The second kappa shape index (κ2) is 4.00. The maximum atomic E-state index is 13.0. The van der Waals surface area contributed by atoms with Gasteiger partial charge < -0.3 is 5.11 Å². The molecule has 1 N–H and O–H groups in total. The van der Waals surface area contributed by atoms with Crippen LogP contribution < -0.4 is 0 Å². The van der Waals surface area contributed by atoms with Crippen LogP contribution in [0.4, 0.5) is 10.1 Å². The van der Waals surface area contributed by atoms with Crippen molar-refractivity contribution in [1.82, 2.24) is 0 Å². The van der Waals surface area contributed by atoms with Crippen LogP contribution in [-0.4, -0.2) is 17.2 Å². The molecule has 0 atom stereocenters. The number of carbonyl (C=O) groups is 1. The van der Waals surface area contributed by atoms with E-state index in [0.717, 1.165) is 18.2 Å². The van der Waals surface area contributed by atoms with Crippen molar-refractivity contribution in [3.63, 3.8) is 0 Å². The topological polar surface area (TPSA) is 66.7 Å². The Labute approximate surface area is 82.6 Å². The smallest absolute Gasteiger partial charge is 0.339 e. The Kier molecular flexibility index (Phi) is 2.96. The van der Waals surface area contributed by atoms with Crippen molar-refractivity contribution < 1.29 is 19.1 Å². The van der Waals surface area contributed by atoms with Gasteiger partial charge in [0, 0.05) is 0 Å². The van der Waals surface area contributed by atoms with Crippen molar-refractivity contribution in [2.45, 2.75) is 0 Å². The molecule has 0 fully saturated rings. The van der Waals surface area contributed by atoms with Gasteiger partial charge in [-0.3, -0.25) is 0 Å². The molecule has 0 amide bonds. The molecule has 4 nitrogen and oxygen atoms in total. The summed E-state index contributed by atoms with van der Waals surface area (Å²) in [7, 11) is 0. The number of hydrogen-bond acceptors (Lipinski definition) is 3. The van der Waals surface area contributed by atoms with Gasteiger partial charge in [0.25, 0.3) is 0 Å². The summed E-state index contributed by atoms with van der Waals surface area (Å²) in [5.74, 6) is -2.39. The third-order valence-electron chi connectivity index (χ3n) is 1.45. The summed E-state index contributed by atoms with van der Waals surface area (Å²) < 4.78 is 13.0. The highest BCUT2D eigenvalue weighted by molar-refractivity contribution is 6.34. The quantitative estimate of drug-likeness (QED) is 0.607. The molecule has 0 bridgehead atoms. The fraction of sp³-hybridized carbons (Fsp3) is 0. The molecular formula is C8H3ClFNO3. The number of carbonyl (C=O) groups excluding carboxylic acids is 1. The molecule has 0 unspecified atom stereocenters. The van der Waals surface area contributed by atoms with E-state index in [1.165, 1.54) is 0 Å². The molecule has 0 aliphatic carbocycles. The van der Waals surface area contributed by atoms with Crippen LogP contribution in [-0.2, 0) is 4.79 Å². The SMILES string of the molecule is O=C=Nc1c(F)ccc(Cl)c1C(=O)O. The van der Waals surface area contributed by atoms with Gasteiger partial charge in [-0.25, -0.2) is 14.0 Å². The Morgan fingerprint density at radius 2 is 2.21 bits per heavy atom. The number of aromatic carboxylic acids is 1. The van der Waals surface area contributed by atoms with Crippen molar-refractivity contribution in [1.29, 1.82) is 0 Å². The summed E-state index contributed by atoms with van der Waals surface area (Å²) in [6.07, 6.45) is 1.06. The molecule has 1 aromatic carbocycles. The highest BCUT2D eigenvalue weighted by atomic mass is 35.5. The lowest BCUT2D eigenvalue weighted by molar-refractivity contribution is 0.0697. The van der Waals surface area contributed by atoms with E-state index in [2.05, 4.69) is 4.99 Å². The lowest BCUT2D eigenvalue weighted by Crippen LogP contribution is -1.99. The molecule has 0 heterocycles. The number of halogens is 2. The van der Waals surface area contributed by atoms with Gasteiger partial charge in [0.1, 0.15) is 11.3 Å². The zero-order valence-electron chi connectivity index (χ0n) is 6.62. The lowest BCUT2D eigenvalue weighted by atomic mass is 10.1. The zero-order chi connectivity index (χ0) is 10.7. The van der Waals surface area contributed by atoms with E-state index >= 15 is 0 Å². The van der Waals surface area contributed by atoms with E-state index in [-0.39, 0.29) is 5.02 Å². The molecule has 0 aliphatic heterocycles. The van der Waals surface area contributed by atoms with E-state index in [0.29, 0.717) is 0 Å². The van der Waals surface area contributed by atoms with Gasteiger partial charge in [0.05, 0.1) is 5.02 Å². The van der Waals surface area contributed by atoms with Crippen LogP contribution >= 0.6 is 11.6 Å². The lowest BCUT2D eigenvalue weighted by Gasteiger charge is -2.02. The minimum absolute atomic E-state index is 0.187. The first kappa shape index (κ1) is 10.4. The van der Waals surface area contributed by atoms with Gasteiger partial charge in [0.2, 0.25) is 6.08 Å². The first-order chi connectivity index (χ1) is 6.57. The second-order valence-electron chi connectivity index (χ2n) is 2.26. The number of hydrogen-bond donors (Lipinski definition) is 1. The van der Waals surface area contributed by atoms with Gasteiger partial charge in [-0.05, 0) is 12.1 Å². The average Bonchev–Trinajstić information content (AvgIpc) is 2.11. The predicted octanol–water partition coefficient (Wildman–Crippen LogP) is 2.14. The van der Waals surface area contributed by atoms with Gasteiger partial charge >= 0.3 is 5.97 Å². The fourth-order valence-electron chi connectivity index (χ4n) is 0.900. The van der Waals surface area contributed by atoms with E-state index in [1.807, 2.05) is 0 Å². The summed E-state index contributed by atoms with van der Waals surface area (Å²) in [6.45, 7) is 0. The van der Waals surface area contributed by atoms with Gasteiger partial charge in [-0.15, -0.1) is 0 Å². The van der Waals surface area contributed by atoms with Gasteiger partial charge in [-0.1, -0.05) is 11.6 Å². The van der Waals surface area contributed by atoms with E-state index in [1.54, 1.807) is 0 Å². The third kappa shape index (κ3) is 1.79. The van der Waals surface area contributed by atoms with E-state index < -0.39 is 23.0 Å². The van der Waals surface area contributed by atoms with Gasteiger partial charge in [0.15, 0.2) is 5.82 Å². The normalized spacial score (nSPS) is 9.29. The van der Waals surface area contributed by atoms with Crippen LogP contribution in [0, 0.1) is 5.82 Å². The Hall–Kier alpha value is -1.71. The van der Waals surface area contributed by atoms with Crippen molar-refractivity contribution in [3.8, 4) is 0 Å². The Bertz CT molecular complexity index is 413. The maximum Gasteiger partial charge on any atom is 0.339 e. The minimum Gasteiger partial charge on any atom is -0.478 e. The van der Waals surface area contributed by atoms with Gasteiger partial charge in [-0.2, -0.15) is 4.99 Å². The molecule has 0 spiro atoms. The summed E-state index contributed by atoms with van der Waals surface area (Å²) >= 11 is 5.49. The molecule has 0 radical (unpaired) electrons. The predicted molar refractivity (Wildman–Crippen MR) is 46.2 cm³/mol. The molecule has 14 heavy (non-hydrogen) atoms. The average molecular weight is 216 g/mol. The number of benzene rings is 1. The van der Waals surface area contributed by atoms with Crippen LogP contribution in [0.2, 0.25) is 5.02 Å². The molecule has 0 saturated carbocycles. The number of nitrogens with zero attached hydrogens (tertiary/aromatic N) is 1. The summed E-state index contributed by atoms with van der Waals surface area (Å²) in [5, 5.41) is 8.47. The molecule has 1 aromatic rings. The molecular weight excluding hydrogens is 213 g/mol. The van der Waals surface area contributed by atoms with Crippen LogP contribution in [0.5, 0.6) is 0 Å². The molecule has 6 heteroatoms. The van der Waals surface area contributed by atoms with Crippen LogP contribution in [0.3, 0.4) is 0 Å². The Morgan fingerprint density at radius 1 is 1.57 bits per heavy atom. The Morgan fingerprint density at radius 3 is 2.71 bits per heavy atom. The highest BCUT2D eigenvalue weighted by Gasteiger charge is 2.18. The second-order valence-corrected chi connectivity index (χ2v) is 2.67. The molecule has 72 valence electrons. The summed E-state index contributed by atoms with van der Waals surface area (Å²) in [4.78, 5) is 23.5. The van der Waals surface area contributed by atoms with Crippen LogP contribution in [0.15, 0.2) is 17.1 Å². The molecule has 0 aliphatic rings. The van der Waals surface area contributed by atoms with Crippen molar-refractivity contribution in [2.24, 2.45) is 4.99 Å². The van der Waals surface area contributed by atoms with Crippen LogP contribution in [0.25, 0.3) is 0 Å². The summed E-state index contributed by atoms with van der Waals surface area (Å²) in [6, 6.07) is 2.00. The highest BCUT2D eigenvalue weighted by Crippen LogP contribution is 2.29. The maximum absolute atomic E-state index is 13.0. The number of carboxylic acid groups (broad SMARTS) is 1. The van der Waals surface area contributed by atoms with E-state index in [4.69, 9.17) is 16.7 Å². The van der Waals surface area contributed by atoms with E-state index in [9.17, 15) is 14.0 Å². The van der Waals surface area contributed by atoms with Crippen LogP contribution in [0.1, 0.15) is 10.4 Å². The van der Waals surface area contributed by atoms with Crippen molar-refractivity contribution in [2.75, 3.05) is 0 Å². The number of carboxylic acids is 1. The standard InChI is InChI=1S/C8H3ClFNO3/c9-4-1-2-5(10)7(11-3-12)6(4)8(13)14/h1-2H,(H,13,14). The third-order valence-corrected chi connectivity index (χ3v) is 1.76. The van der Waals surface area contributed by atoms with Crippen molar-refractivity contribution in [3.05, 3.63) is 28.5 Å². The molecule has 0 saturated heterocycles. The number of isocyanates is 1. The molecule has 1 rings (SSSR count). The first-order valence-corrected chi connectivity index (χ1v) is 3.75. The largest absolute Gasteiger partial charge is 0.478 e. The van der Waals surface area contributed by atoms with Crippen molar-refractivity contribution >= 4 is 29.3 Å². The summed E-state index contributed by atoms with van der Waals surface area (Å²) in [5.41, 5.74) is -1.16. The zero-order valence-corrected chi connectivity index (χ0v) is 7.38. The molecule has 0 aromatic heterocycles. The minimum atomic E-state index is -1.46. The first-order valence-electron chi connectivity index (χ1n) is 3.37. The number of rotatable bonds is 2. The monoisotopic (exact) mass is 215 g/mol.